The van der Waals surface area contributed by atoms with Gasteiger partial charge in [-0.3, -0.25) is 9.69 Å². The lowest BCUT2D eigenvalue weighted by Gasteiger charge is -2.38. The summed E-state index contributed by atoms with van der Waals surface area (Å²) >= 11 is 6.07. The number of nitrogens with one attached hydrogen (secondary N) is 1. The van der Waals surface area contributed by atoms with E-state index in [1.54, 1.807) is 12.1 Å². The number of piperazine rings is 1. The zero-order valence-corrected chi connectivity index (χ0v) is 15.5. The summed E-state index contributed by atoms with van der Waals surface area (Å²) in [5.41, 5.74) is 2.00. The van der Waals surface area contributed by atoms with Crippen LogP contribution in [0, 0.1) is 5.82 Å². The van der Waals surface area contributed by atoms with Crippen LogP contribution < -0.4 is 10.2 Å². The first kappa shape index (κ1) is 18.7. The quantitative estimate of drug-likeness (QED) is 0.870. The Morgan fingerprint density at radius 3 is 2.50 bits per heavy atom. The van der Waals surface area contributed by atoms with Gasteiger partial charge in [0.1, 0.15) is 5.82 Å². The minimum atomic E-state index is -0.272. The molecule has 0 radical (unpaired) electrons. The Morgan fingerprint density at radius 1 is 1.15 bits per heavy atom. The van der Waals surface area contributed by atoms with Crippen molar-refractivity contribution in [3.05, 3.63) is 64.9 Å². The molecule has 2 aromatic rings. The van der Waals surface area contributed by atoms with Crippen LogP contribution in [0.1, 0.15) is 12.5 Å². The Labute approximate surface area is 158 Å². The van der Waals surface area contributed by atoms with Crippen molar-refractivity contribution < 1.29 is 9.18 Å². The van der Waals surface area contributed by atoms with Crippen LogP contribution in [-0.4, -0.2) is 43.0 Å². The molecule has 1 fully saturated rings. The highest BCUT2D eigenvalue weighted by Crippen LogP contribution is 2.21. The molecule has 0 aromatic heterocycles. The molecule has 4 nitrogen and oxygen atoms in total. The third-order valence-electron chi connectivity index (χ3n) is 4.79. The van der Waals surface area contributed by atoms with E-state index < -0.39 is 0 Å². The van der Waals surface area contributed by atoms with Crippen molar-refractivity contribution in [2.75, 3.05) is 31.1 Å². The smallest absolute Gasteiger partial charge is 0.237 e. The molecule has 3 rings (SSSR count). The monoisotopic (exact) mass is 375 g/mol. The van der Waals surface area contributed by atoms with Crippen LogP contribution in [0.15, 0.2) is 48.5 Å². The molecule has 1 aliphatic rings. The van der Waals surface area contributed by atoms with Crippen LogP contribution in [0.4, 0.5) is 10.1 Å². The molecule has 138 valence electrons. The Morgan fingerprint density at radius 2 is 1.85 bits per heavy atom. The summed E-state index contributed by atoms with van der Waals surface area (Å²) < 4.78 is 12.9. The van der Waals surface area contributed by atoms with Gasteiger partial charge < -0.3 is 10.2 Å². The maximum Gasteiger partial charge on any atom is 0.237 e. The molecule has 0 saturated carbocycles. The lowest BCUT2D eigenvalue weighted by atomic mass is 10.2. The zero-order chi connectivity index (χ0) is 18.5. The van der Waals surface area contributed by atoms with Crippen LogP contribution >= 0.6 is 11.6 Å². The van der Waals surface area contributed by atoms with Gasteiger partial charge in [-0.2, -0.15) is 0 Å². The molecule has 0 bridgehead atoms. The minimum Gasteiger partial charge on any atom is -0.369 e. The van der Waals surface area contributed by atoms with Crippen molar-refractivity contribution in [3.8, 4) is 0 Å². The molecule has 1 N–H and O–H groups in total. The van der Waals surface area contributed by atoms with Gasteiger partial charge in [-0.25, -0.2) is 4.39 Å². The largest absolute Gasteiger partial charge is 0.369 e. The zero-order valence-electron chi connectivity index (χ0n) is 14.8. The summed E-state index contributed by atoms with van der Waals surface area (Å²) in [5, 5.41) is 3.67. The summed E-state index contributed by atoms with van der Waals surface area (Å²) in [6, 6.07) is 13.8. The predicted octanol–water partition coefficient (Wildman–Crippen LogP) is 3.31. The molecule has 1 amide bonds. The van der Waals surface area contributed by atoms with Crippen LogP contribution in [0.5, 0.6) is 0 Å². The van der Waals surface area contributed by atoms with E-state index in [0.29, 0.717) is 6.54 Å². The second-order valence-electron chi connectivity index (χ2n) is 6.52. The SMILES string of the molecule is C[C@@H](C(=O)NCc1ccc(F)cc1)N1CCN(c2cccc(Cl)c2)CC1. The Balaban J connectivity index is 1.48. The fourth-order valence-electron chi connectivity index (χ4n) is 3.15. The van der Waals surface area contributed by atoms with Crippen molar-refractivity contribution in [1.29, 1.82) is 0 Å². The van der Waals surface area contributed by atoms with E-state index in [-0.39, 0.29) is 17.8 Å². The average Bonchev–Trinajstić information content (AvgIpc) is 2.67. The topological polar surface area (TPSA) is 35.6 Å². The van der Waals surface area contributed by atoms with E-state index in [4.69, 9.17) is 11.6 Å². The fourth-order valence-corrected chi connectivity index (χ4v) is 3.33. The first-order chi connectivity index (χ1) is 12.5. The van der Waals surface area contributed by atoms with Gasteiger partial charge in [-0.05, 0) is 42.8 Å². The number of benzene rings is 2. The molecule has 26 heavy (non-hydrogen) atoms. The van der Waals surface area contributed by atoms with E-state index >= 15 is 0 Å². The summed E-state index contributed by atoms with van der Waals surface area (Å²) in [4.78, 5) is 16.9. The summed E-state index contributed by atoms with van der Waals surface area (Å²) in [6.45, 7) is 5.68. The number of carbonyl (C=O) groups excluding carboxylic acids is 1. The number of amides is 1. The lowest BCUT2D eigenvalue weighted by Crippen LogP contribution is -2.53. The summed E-state index contributed by atoms with van der Waals surface area (Å²) in [5.74, 6) is -0.281. The molecule has 6 heteroatoms. The molecule has 0 unspecified atom stereocenters. The first-order valence-corrected chi connectivity index (χ1v) is 9.17. The van der Waals surface area contributed by atoms with Gasteiger partial charge in [0.2, 0.25) is 5.91 Å². The molecule has 1 saturated heterocycles. The van der Waals surface area contributed by atoms with Gasteiger partial charge >= 0.3 is 0 Å². The number of hydrogen-bond acceptors (Lipinski definition) is 3. The third kappa shape index (κ3) is 4.74. The highest BCUT2D eigenvalue weighted by Gasteiger charge is 2.25. The fraction of sp³-hybridized carbons (Fsp3) is 0.350. The van der Waals surface area contributed by atoms with Crippen LogP contribution in [0.2, 0.25) is 5.02 Å². The molecular formula is C20H23ClFN3O. The normalized spacial score (nSPS) is 16.3. The van der Waals surface area contributed by atoms with Gasteiger partial charge in [0.05, 0.1) is 6.04 Å². The Hall–Kier alpha value is -2.11. The molecule has 1 atom stereocenters. The summed E-state index contributed by atoms with van der Waals surface area (Å²) in [7, 11) is 0. The number of carbonyl (C=O) groups is 1. The van der Waals surface area contributed by atoms with E-state index in [2.05, 4.69) is 21.2 Å². The maximum atomic E-state index is 12.9. The van der Waals surface area contributed by atoms with Gasteiger partial charge in [0.25, 0.3) is 0 Å². The lowest BCUT2D eigenvalue weighted by molar-refractivity contribution is -0.126. The predicted molar refractivity (Wildman–Crippen MR) is 103 cm³/mol. The van der Waals surface area contributed by atoms with Gasteiger partial charge in [0.15, 0.2) is 0 Å². The molecule has 0 spiro atoms. The first-order valence-electron chi connectivity index (χ1n) is 8.79. The van der Waals surface area contributed by atoms with Crippen LogP contribution in [0.25, 0.3) is 0 Å². The van der Waals surface area contributed by atoms with E-state index in [0.717, 1.165) is 42.5 Å². The van der Waals surface area contributed by atoms with Crippen LogP contribution in [-0.2, 0) is 11.3 Å². The average molecular weight is 376 g/mol. The summed E-state index contributed by atoms with van der Waals surface area (Å²) in [6.07, 6.45) is 0. The number of anilines is 1. The number of rotatable bonds is 5. The third-order valence-corrected chi connectivity index (χ3v) is 5.03. The van der Waals surface area contributed by atoms with Crippen molar-refractivity contribution in [1.82, 2.24) is 10.2 Å². The standard InChI is InChI=1S/C20H23ClFN3O/c1-15(20(26)23-14-16-5-7-18(22)8-6-16)24-9-11-25(12-10-24)19-4-2-3-17(21)13-19/h2-8,13,15H,9-12,14H2,1H3,(H,23,26)/t15-/m0/s1. The van der Waals surface area contributed by atoms with Crippen molar-refractivity contribution in [2.24, 2.45) is 0 Å². The number of hydrogen-bond donors (Lipinski definition) is 1. The highest BCUT2D eigenvalue weighted by atomic mass is 35.5. The number of halogens is 2. The molecule has 1 heterocycles. The maximum absolute atomic E-state index is 12.9. The van der Waals surface area contributed by atoms with E-state index in [9.17, 15) is 9.18 Å². The molecular weight excluding hydrogens is 353 g/mol. The van der Waals surface area contributed by atoms with Gasteiger partial charge in [-0.1, -0.05) is 29.8 Å². The van der Waals surface area contributed by atoms with E-state index in [1.807, 2.05) is 25.1 Å². The minimum absolute atomic E-state index is 0.00877. The Bertz CT molecular complexity index is 745. The number of nitrogens with zero attached hydrogens (tertiary/aromatic N) is 2. The van der Waals surface area contributed by atoms with Gasteiger partial charge in [-0.15, -0.1) is 0 Å². The van der Waals surface area contributed by atoms with Crippen molar-refractivity contribution >= 4 is 23.2 Å². The molecule has 1 aliphatic heterocycles. The molecule has 0 aliphatic carbocycles. The molecule has 2 aromatic carbocycles. The van der Waals surface area contributed by atoms with Crippen molar-refractivity contribution in [2.45, 2.75) is 19.5 Å². The second kappa shape index (κ2) is 8.52. The Kier molecular flexibility index (Phi) is 6.12. The van der Waals surface area contributed by atoms with E-state index in [1.165, 1.54) is 12.1 Å². The van der Waals surface area contributed by atoms with Crippen LogP contribution in [0.3, 0.4) is 0 Å². The highest BCUT2D eigenvalue weighted by molar-refractivity contribution is 6.30. The second-order valence-corrected chi connectivity index (χ2v) is 6.96. The van der Waals surface area contributed by atoms with Gasteiger partial charge in [0, 0.05) is 43.4 Å². The van der Waals surface area contributed by atoms with Crippen molar-refractivity contribution in [3.63, 3.8) is 0 Å².